The van der Waals surface area contributed by atoms with Crippen molar-refractivity contribution < 1.29 is 0 Å². The molecule has 2 aliphatic rings. The summed E-state index contributed by atoms with van der Waals surface area (Å²) in [5.74, 6) is 0.909. The lowest BCUT2D eigenvalue weighted by molar-refractivity contribution is 0.148. The summed E-state index contributed by atoms with van der Waals surface area (Å²) in [6.07, 6.45) is 5.50. The lowest BCUT2D eigenvalue weighted by Gasteiger charge is -2.33. The van der Waals surface area contributed by atoms with Crippen LogP contribution in [0.4, 0.5) is 5.13 Å². The Kier molecular flexibility index (Phi) is 4.86. The van der Waals surface area contributed by atoms with E-state index in [4.69, 9.17) is 0 Å². The second-order valence-corrected chi connectivity index (χ2v) is 7.04. The Bertz CT molecular complexity index is 407. The number of aromatic nitrogens is 2. The van der Waals surface area contributed by atoms with E-state index in [0.29, 0.717) is 0 Å². The van der Waals surface area contributed by atoms with Gasteiger partial charge in [-0.25, -0.2) is 0 Å². The van der Waals surface area contributed by atoms with E-state index in [1.54, 1.807) is 11.3 Å². The smallest absolute Gasteiger partial charge is 0.205 e. The van der Waals surface area contributed by atoms with Gasteiger partial charge in [0.05, 0.1) is 6.54 Å². The zero-order valence-corrected chi connectivity index (χ0v) is 13.2. The zero-order chi connectivity index (χ0) is 13.8. The van der Waals surface area contributed by atoms with Crippen LogP contribution in [0.25, 0.3) is 0 Å². The highest BCUT2D eigenvalue weighted by atomic mass is 32.1. The van der Waals surface area contributed by atoms with E-state index in [1.165, 1.54) is 58.4 Å². The fourth-order valence-electron chi connectivity index (χ4n) is 3.27. The maximum absolute atomic E-state index is 4.24. The molecule has 5 nitrogen and oxygen atoms in total. The molecular formula is C14H25N5S. The van der Waals surface area contributed by atoms with E-state index in [2.05, 4.69) is 25.3 Å². The van der Waals surface area contributed by atoms with Crippen LogP contribution in [-0.4, -0.2) is 59.8 Å². The van der Waals surface area contributed by atoms with Gasteiger partial charge < -0.3 is 10.2 Å². The predicted octanol–water partition coefficient (Wildman–Crippen LogP) is 1.89. The van der Waals surface area contributed by atoms with Gasteiger partial charge in [0.1, 0.15) is 5.01 Å². The third kappa shape index (κ3) is 3.68. The fourth-order valence-corrected chi connectivity index (χ4v) is 4.00. The summed E-state index contributed by atoms with van der Waals surface area (Å²) in [4.78, 5) is 5.19. The minimum absolute atomic E-state index is 0.909. The zero-order valence-electron chi connectivity index (χ0n) is 12.3. The molecule has 3 heterocycles. The standard InChI is InChI=1S/C14H25N5S/c1-15-14-17-16-13(20-14)11-19-8-4-12(5-9-19)10-18-6-2-3-7-18/h12H,2-11H2,1H3,(H,15,17). The summed E-state index contributed by atoms with van der Waals surface area (Å²) >= 11 is 1.67. The molecule has 0 bridgehead atoms. The SMILES string of the molecule is CNc1nnc(CN2CCC(CN3CCCC3)CC2)s1. The van der Waals surface area contributed by atoms with Crippen LogP contribution in [-0.2, 0) is 6.54 Å². The van der Waals surface area contributed by atoms with Crippen molar-refractivity contribution in [2.24, 2.45) is 5.92 Å². The first-order valence-electron chi connectivity index (χ1n) is 7.78. The summed E-state index contributed by atoms with van der Waals surface area (Å²) < 4.78 is 0. The first-order valence-corrected chi connectivity index (χ1v) is 8.60. The largest absolute Gasteiger partial charge is 0.363 e. The average molecular weight is 295 g/mol. The molecule has 0 aliphatic carbocycles. The van der Waals surface area contributed by atoms with Crippen molar-refractivity contribution in [3.05, 3.63) is 5.01 Å². The van der Waals surface area contributed by atoms with Gasteiger partial charge in [-0.2, -0.15) is 0 Å². The Morgan fingerprint density at radius 3 is 2.50 bits per heavy atom. The number of anilines is 1. The van der Waals surface area contributed by atoms with Crippen molar-refractivity contribution in [1.82, 2.24) is 20.0 Å². The van der Waals surface area contributed by atoms with Gasteiger partial charge in [-0.05, 0) is 57.8 Å². The minimum atomic E-state index is 0.909. The average Bonchev–Trinajstić information content (AvgIpc) is 3.12. The molecule has 1 aromatic heterocycles. The van der Waals surface area contributed by atoms with Crippen molar-refractivity contribution >= 4 is 16.5 Å². The maximum Gasteiger partial charge on any atom is 0.205 e. The highest BCUT2D eigenvalue weighted by Crippen LogP contribution is 2.23. The van der Waals surface area contributed by atoms with Crippen molar-refractivity contribution in [2.45, 2.75) is 32.2 Å². The van der Waals surface area contributed by atoms with Crippen molar-refractivity contribution in [3.8, 4) is 0 Å². The van der Waals surface area contributed by atoms with E-state index in [0.717, 1.165) is 22.6 Å². The molecule has 20 heavy (non-hydrogen) atoms. The molecule has 3 rings (SSSR count). The van der Waals surface area contributed by atoms with E-state index >= 15 is 0 Å². The van der Waals surface area contributed by atoms with Gasteiger partial charge in [0.2, 0.25) is 5.13 Å². The van der Waals surface area contributed by atoms with E-state index in [1.807, 2.05) is 7.05 Å². The summed E-state index contributed by atoms with van der Waals surface area (Å²) in [5, 5.41) is 13.5. The molecule has 0 radical (unpaired) electrons. The van der Waals surface area contributed by atoms with Crippen molar-refractivity contribution in [3.63, 3.8) is 0 Å². The lowest BCUT2D eigenvalue weighted by Crippen LogP contribution is -2.37. The Morgan fingerprint density at radius 2 is 1.85 bits per heavy atom. The van der Waals surface area contributed by atoms with Crippen LogP contribution < -0.4 is 5.32 Å². The molecule has 0 atom stereocenters. The van der Waals surface area contributed by atoms with Gasteiger partial charge in [-0.1, -0.05) is 11.3 Å². The number of nitrogens with zero attached hydrogens (tertiary/aromatic N) is 4. The molecule has 0 saturated carbocycles. The van der Waals surface area contributed by atoms with Gasteiger partial charge in [-0.15, -0.1) is 10.2 Å². The second-order valence-electron chi connectivity index (χ2n) is 5.98. The lowest BCUT2D eigenvalue weighted by atomic mass is 9.96. The van der Waals surface area contributed by atoms with Gasteiger partial charge >= 0.3 is 0 Å². The molecule has 0 spiro atoms. The number of hydrogen-bond donors (Lipinski definition) is 1. The maximum atomic E-state index is 4.24. The van der Waals surface area contributed by atoms with Gasteiger partial charge in [0, 0.05) is 13.6 Å². The van der Waals surface area contributed by atoms with Crippen LogP contribution in [0.5, 0.6) is 0 Å². The Balaban J connectivity index is 1.41. The van der Waals surface area contributed by atoms with E-state index in [9.17, 15) is 0 Å². The highest BCUT2D eigenvalue weighted by molar-refractivity contribution is 7.15. The first kappa shape index (κ1) is 14.2. The number of rotatable bonds is 5. The number of piperidine rings is 1. The van der Waals surface area contributed by atoms with Crippen LogP contribution in [0.1, 0.15) is 30.7 Å². The molecule has 0 aromatic carbocycles. The Morgan fingerprint density at radius 1 is 1.10 bits per heavy atom. The van der Waals surface area contributed by atoms with Crippen molar-refractivity contribution in [2.75, 3.05) is 45.1 Å². The molecule has 112 valence electrons. The molecule has 2 fully saturated rings. The number of nitrogens with one attached hydrogen (secondary N) is 1. The molecular weight excluding hydrogens is 270 g/mol. The van der Waals surface area contributed by atoms with Crippen LogP contribution in [0, 0.1) is 5.92 Å². The Labute approximate surface area is 125 Å². The third-order valence-corrected chi connectivity index (χ3v) is 5.39. The van der Waals surface area contributed by atoms with Crippen LogP contribution in [0.3, 0.4) is 0 Å². The molecule has 1 aromatic rings. The number of hydrogen-bond acceptors (Lipinski definition) is 6. The summed E-state index contributed by atoms with van der Waals surface area (Å²) in [6.45, 7) is 7.39. The van der Waals surface area contributed by atoms with Crippen LogP contribution >= 0.6 is 11.3 Å². The van der Waals surface area contributed by atoms with Crippen LogP contribution in [0.15, 0.2) is 0 Å². The van der Waals surface area contributed by atoms with Gasteiger partial charge in [-0.3, -0.25) is 4.90 Å². The fraction of sp³-hybridized carbons (Fsp3) is 0.857. The predicted molar refractivity (Wildman–Crippen MR) is 83.1 cm³/mol. The minimum Gasteiger partial charge on any atom is -0.363 e. The monoisotopic (exact) mass is 295 g/mol. The molecule has 0 unspecified atom stereocenters. The quantitative estimate of drug-likeness (QED) is 0.898. The molecule has 6 heteroatoms. The molecule has 2 aliphatic heterocycles. The Hall–Kier alpha value is -0.720. The van der Waals surface area contributed by atoms with Gasteiger partial charge in [0.15, 0.2) is 0 Å². The molecule has 0 amide bonds. The van der Waals surface area contributed by atoms with Gasteiger partial charge in [0.25, 0.3) is 0 Å². The topological polar surface area (TPSA) is 44.3 Å². The van der Waals surface area contributed by atoms with Crippen molar-refractivity contribution in [1.29, 1.82) is 0 Å². The second kappa shape index (κ2) is 6.83. The molecule has 1 N–H and O–H groups in total. The summed E-state index contributed by atoms with van der Waals surface area (Å²) in [5.41, 5.74) is 0. The normalized spacial score (nSPS) is 22.4. The molecule has 2 saturated heterocycles. The third-order valence-electron chi connectivity index (χ3n) is 4.46. The van der Waals surface area contributed by atoms with E-state index < -0.39 is 0 Å². The first-order chi connectivity index (χ1) is 9.83. The summed E-state index contributed by atoms with van der Waals surface area (Å²) in [6, 6.07) is 0. The number of likely N-dealkylation sites (tertiary alicyclic amines) is 2. The highest BCUT2D eigenvalue weighted by Gasteiger charge is 2.23. The summed E-state index contributed by atoms with van der Waals surface area (Å²) in [7, 11) is 1.90. The van der Waals surface area contributed by atoms with E-state index in [-0.39, 0.29) is 0 Å². The van der Waals surface area contributed by atoms with Crippen LogP contribution in [0.2, 0.25) is 0 Å².